The number of carbonyl (C=O) groups excluding carboxylic acids is 17. The SMILES string of the molecule is CC(C)C[C@@H]1NC(=O)[C@H](Cc2c[nH]c3ccccc23)NC(=O)[C@H](CC(=O)O)NC(=O)[C@H](Cc2ccc(O)cc2)NC(=O)[C@H](Cc2ccccc2)NC(=O)CSC[C@@H](C(=O)N[C@@H](C)C(N)=O)NC(=O)[C@H](CO)NC(=O)[C@H](C(C)C)NC(=O)[C@H](CC(C)C)NC(=O)[C@H](CC(N)=O)NC(=O)[C@H]2C[C@H](N)CN2C(=O)[C@H]2CCCN2C(=O)[C@H](C(C)C)NC(=O)[C@H](Cc2ccc(-c3ccccc3)cc2)NC1=O. The van der Waals surface area contributed by atoms with Crippen LogP contribution in [0.5, 0.6) is 5.75 Å². The zero-order valence-electron chi connectivity index (χ0n) is 77.4. The molecule has 4 heterocycles. The molecule has 23 N–H and O–H groups in total. The molecule has 1 aromatic heterocycles. The number of nitrogens with one attached hydrogen (secondary N) is 14. The van der Waals surface area contributed by atoms with Gasteiger partial charge in [0.2, 0.25) is 100 Å². The number of carbonyl (C=O) groups is 18. The first kappa shape index (κ1) is 106. The quantitative estimate of drug-likeness (QED) is 0.0367. The number of thioether (sulfide) groups is 1. The van der Waals surface area contributed by atoms with Crippen molar-refractivity contribution in [2.75, 3.05) is 31.2 Å². The summed E-state index contributed by atoms with van der Waals surface area (Å²) in [5.74, 6) is -22.4. The highest BCUT2D eigenvalue weighted by molar-refractivity contribution is 8.00. The smallest absolute Gasteiger partial charge is 0.305 e. The minimum atomic E-state index is -2.06. The molecule has 0 bridgehead atoms. The molecule has 0 saturated carbocycles. The van der Waals surface area contributed by atoms with Crippen LogP contribution in [0, 0.1) is 23.7 Å². The van der Waals surface area contributed by atoms with Crippen LogP contribution in [0.25, 0.3) is 22.0 Å². The summed E-state index contributed by atoms with van der Waals surface area (Å²) in [5, 5.41) is 65.9. The molecule has 0 spiro atoms. The zero-order chi connectivity index (χ0) is 99.5. The van der Waals surface area contributed by atoms with E-state index in [1.165, 1.54) is 49.9 Å². The molecule has 0 unspecified atom stereocenters. The van der Waals surface area contributed by atoms with Crippen LogP contribution < -0.4 is 86.3 Å². The van der Waals surface area contributed by atoms with Gasteiger partial charge >= 0.3 is 5.97 Å². The Labute approximate surface area is 791 Å². The normalized spacial score (nSPS) is 24.7. The number of primary amides is 2. The lowest BCUT2D eigenvalue weighted by Gasteiger charge is -2.34. The second kappa shape index (κ2) is 49.9. The van der Waals surface area contributed by atoms with Gasteiger partial charge < -0.3 is 116 Å². The third-order valence-corrected chi connectivity index (χ3v) is 24.5. The standard InChI is InChI=1S/C95H125N19O21S/c1-49(2)35-64-82(122)105-68(38-55-26-30-58(31-27-55)57-21-14-11-15-22-57)89(129)112-80(52(7)8)95(135)113-34-18-25-74(113)94(134)114-45-60(96)41-75(114)92(132)108-70(42-76(97)117)86(126)103-65(36-50(3)4)88(128)111-79(51(5)6)93(133)109-72(46-115)90(130)110-73(91(131)100-53(9)81(98)121)47-136-48-77(118)101-66(37-54-19-12-10-13-20-54)83(123)104-67(39-56-28-32-61(116)33-29-56)84(124)107-71(43-78(119)120)87(127)106-69(85(125)102-64)40-59-44-99-63-24-17-16-23-62(59)63/h10-17,19-24,26-33,44,49-53,60,64-75,79-80,99,115-116H,18,25,34-43,45-48,96H2,1-9H3,(H2,97,117)(H2,98,121)(H,100,131)(H,101,118)(H,102,125)(H,103,126)(H,104,123)(H,105,122)(H,106,127)(H,107,124)(H,108,132)(H,109,133)(H,110,130)(H,111,128)(H,112,129)(H,119,120)/t53-,60-,64-,65-,66-,67-,68-,69-,70-,71-,72-,73-,74+,75+,79-,80-/m0/s1. The molecule has 136 heavy (non-hydrogen) atoms. The monoisotopic (exact) mass is 1900 g/mol. The summed E-state index contributed by atoms with van der Waals surface area (Å²) in [5.41, 5.74) is 21.7. The molecule has 3 saturated heterocycles. The number of hydrogen-bond donors (Lipinski definition) is 20. The maximum absolute atomic E-state index is 15.5. The van der Waals surface area contributed by atoms with Gasteiger partial charge in [-0.15, -0.1) is 11.8 Å². The van der Waals surface area contributed by atoms with Gasteiger partial charge in [-0.2, -0.15) is 0 Å². The summed E-state index contributed by atoms with van der Waals surface area (Å²) in [4.78, 5) is 267. The Morgan fingerprint density at radius 1 is 0.463 bits per heavy atom. The van der Waals surface area contributed by atoms with E-state index < -0.39 is 258 Å². The van der Waals surface area contributed by atoms with Crippen LogP contribution in [0.4, 0.5) is 0 Å². The number of nitrogens with zero attached hydrogens (tertiary/aromatic N) is 2. The van der Waals surface area contributed by atoms with Gasteiger partial charge in [-0.25, -0.2) is 0 Å². The van der Waals surface area contributed by atoms with E-state index in [0.29, 0.717) is 44.9 Å². The van der Waals surface area contributed by atoms with Gasteiger partial charge in [-0.05, 0) is 114 Å². The van der Waals surface area contributed by atoms with Crippen LogP contribution in [-0.4, -0.2) is 264 Å². The van der Waals surface area contributed by atoms with Crippen LogP contribution in [0.2, 0.25) is 0 Å². The number of aromatic hydroxyl groups is 1. The number of nitrogens with two attached hydrogens (primary N) is 3. The molecule has 6 aromatic rings. The second-order valence-electron chi connectivity index (χ2n) is 36.1. The number of aliphatic carboxylic acids is 1. The van der Waals surface area contributed by atoms with Gasteiger partial charge in [0.1, 0.15) is 96.4 Å². The van der Waals surface area contributed by atoms with Crippen molar-refractivity contribution in [2.24, 2.45) is 40.9 Å². The molecule has 16 atom stereocenters. The minimum Gasteiger partial charge on any atom is -0.508 e. The van der Waals surface area contributed by atoms with E-state index in [2.05, 4.69) is 74.1 Å². The number of phenolic OH excluding ortho intramolecular Hbond substituents is 1. The fraction of sp³-hybridized carbons (Fsp3) is 0.474. The predicted molar refractivity (Wildman–Crippen MR) is 501 cm³/mol. The van der Waals surface area contributed by atoms with Crippen molar-refractivity contribution in [1.29, 1.82) is 0 Å². The summed E-state index contributed by atoms with van der Waals surface area (Å²) in [6.45, 7) is 13.0. The van der Waals surface area contributed by atoms with E-state index in [-0.39, 0.29) is 76.1 Å². The number of aliphatic hydroxyl groups is 1. The third-order valence-electron chi connectivity index (χ3n) is 23.5. The van der Waals surface area contributed by atoms with Crippen LogP contribution in [0.3, 0.4) is 0 Å². The molecule has 17 amide bonds. The van der Waals surface area contributed by atoms with E-state index >= 15 is 38.4 Å². The predicted octanol–water partition coefficient (Wildman–Crippen LogP) is -0.969. The Hall–Kier alpha value is -13.8. The maximum atomic E-state index is 15.5. The topological polar surface area (TPSA) is 625 Å². The van der Waals surface area contributed by atoms with E-state index in [4.69, 9.17) is 17.2 Å². The number of aromatic amines is 1. The molecule has 40 nitrogen and oxygen atoms in total. The number of hydrogen-bond acceptors (Lipinski definition) is 22. The Balaban J connectivity index is 1.10. The number of benzene rings is 5. The number of aromatic nitrogens is 1. The largest absolute Gasteiger partial charge is 0.508 e. The Morgan fingerprint density at radius 3 is 1.46 bits per heavy atom. The Bertz CT molecular complexity index is 5280. The molecular formula is C95H125N19O21S. The third kappa shape index (κ3) is 30.6. The van der Waals surface area contributed by atoms with Crippen molar-refractivity contribution in [3.63, 3.8) is 0 Å². The molecule has 9 rings (SSSR count). The summed E-state index contributed by atoms with van der Waals surface area (Å²) >= 11 is 0.704. The fourth-order valence-corrected chi connectivity index (χ4v) is 17.1. The number of phenols is 1. The van der Waals surface area contributed by atoms with E-state index in [1.54, 1.807) is 114 Å². The number of carboxylic acids is 1. The van der Waals surface area contributed by atoms with Crippen molar-refractivity contribution in [2.45, 2.75) is 230 Å². The van der Waals surface area contributed by atoms with Gasteiger partial charge in [0.05, 0.1) is 25.2 Å². The molecule has 3 aliphatic heterocycles. The number of aliphatic hydroxyl groups excluding tert-OH is 1. The highest BCUT2D eigenvalue weighted by Crippen LogP contribution is 2.29. The van der Waals surface area contributed by atoms with Crippen LogP contribution in [-0.2, 0) is 112 Å². The van der Waals surface area contributed by atoms with Crippen LogP contribution >= 0.6 is 11.8 Å². The van der Waals surface area contributed by atoms with Gasteiger partial charge in [0, 0.05) is 67.7 Å². The number of H-pyrrole nitrogens is 1. The molecule has 5 aromatic carbocycles. The zero-order valence-corrected chi connectivity index (χ0v) is 78.2. The summed E-state index contributed by atoms with van der Waals surface area (Å²) in [6, 6.07) is 11.9. The van der Waals surface area contributed by atoms with Gasteiger partial charge in [-0.3, -0.25) is 86.3 Å². The number of rotatable bonds is 23. The van der Waals surface area contributed by atoms with E-state index in [9.17, 15) is 63.3 Å². The fourth-order valence-electron chi connectivity index (χ4n) is 16.3. The van der Waals surface area contributed by atoms with Crippen LogP contribution in [0.15, 0.2) is 140 Å². The molecule has 3 aliphatic rings. The first-order chi connectivity index (χ1) is 64.5. The molecule has 3 fully saturated rings. The van der Waals surface area contributed by atoms with Gasteiger partial charge in [-0.1, -0.05) is 171 Å². The number of carboxylic acid groups (broad SMARTS) is 1. The van der Waals surface area contributed by atoms with E-state index in [0.717, 1.165) is 16.0 Å². The van der Waals surface area contributed by atoms with Gasteiger partial charge in [0.15, 0.2) is 0 Å². The average Bonchev–Trinajstić information content (AvgIpc) is 1.63. The van der Waals surface area contributed by atoms with Crippen molar-refractivity contribution < 1.29 is 102 Å². The minimum absolute atomic E-state index is 0.0230. The summed E-state index contributed by atoms with van der Waals surface area (Å²) in [6.07, 6.45) is -1.83. The highest BCUT2D eigenvalue weighted by Gasteiger charge is 2.48. The van der Waals surface area contributed by atoms with Crippen molar-refractivity contribution in [3.05, 3.63) is 162 Å². The Morgan fingerprint density at radius 2 is 0.912 bits per heavy atom. The number of para-hydroxylation sites is 1. The van der Waals surface area contributed by atoms with Crippen molar-refractivity contribution in [1.82, 2.24) is 83.9 Å². The lowest BCUT2D eigenvalue weighted by Crippen LogP contribution is -2.62. The molecule has 41 heteroatoms. The number of amides is 17. The first-order valence-electron chi connectivity index (χ1n) is 45.3. The lowest BCUT2D eigenvalue weighted by atomic mass is 9.97. The first-order valence-corrected chi connectivity index (χ1v) is 46.5. The Kier molecular flexibility index (Phi) is 38.9. The van der Waals surface area contributed by atoms with E-state index in [1.807, 2.05) is 42.5 Å². The highest BCUT2D eigenvalue weighted by atomic mass is 32.2. The summed E-state index contributed by atoms with van der Waals surface area (Å²) < 4.78 is 0. The second-order valence-corrected chi connectivity index (χ2v) is 37.1. The molecular weight excluding hydrogens is 1780 g/mol. The van der Waals surface area contributed by atoms with Gasteiger partial charge in [0.25, 0.3) is 0 Å². The van der Waals surface area contributed by atoms with Crippen molar-refractivity contribution in [3.8, 4) is 16.9 Å². The average molecular weight is 1900 g/mol. The van der Waals surface area contributed by atoms with Crippen LogP contribution in [0.1, 0.15) is 130 Å². The molecule has 732 valence electrons. The molecule has 0 radical (unpaired) electrons. The molecule has 0 aliphatic carbocycles. The number of fused-ring (bicyclic) bond motifs is 3. The maximum Gasteiger partial charge on any atom is 0.305 e. The summed E-state index contributed by atoms with van der Waals surface area (Å²) in [7, 11) is 0. The van der Waals surface area contributed by atoms with Crippen molar-refractivity contribution >= 4 is 129 Å². The lowest BCUT2D eigenvalue weighted by molar-refractivity contribution is -0.148.